The van der Waals surface area contributed by atoms with Crippen LogP contribution in [-0.4, -0.2) is 29.0 Å². The van der Waals surface area contributed by atoms with Gasteiger partial charge in [0.25, 0.3) is 5.91 Å². The number of anilines is 2. The Morgan fingerprint density at radius 1 is 1.22 bits per heavy atom. The molecule has 1 aliphatic heterocycles. The van der Waals surface area contributed by atoms with Crippen LogP contribution in [0.25, 0.3) is 0 Å². The van der Waals surface area contributed by atoms with Gasteiger partial charge in [0.05, 0.1) is 16.9 Å². The Labute approximate surface area is 143 Å². The highest BCUT2D eigenvalue weighted by molar-refractivity contribution is 6.33. The average Bonchev–Trinajstić information content (AvgIpc) is 2.57. The van der Waals surface area contributed by atoms with Gasteiger partial charge in [-0.3, -0.25) is 4.79 Å². The van der Waals surface area contributed by atoms with Crippen molar-refractivity contribution in [1.82, 2.24) is 9.97 Å². The van der Waals surface area contributed by atoms with Crippen LogP contribution >= 0.6 is 23.2 Å². The highest BCUT2D eigenvalue weighted by Crippen LogP contribution is 2.25. The molecule has 2 aromatic rings. The summed E-state index contributed by atoms with van der Waals surface area (Å²) in [6, 6.07) is 6.96. The van der Waals surface area contributed by atoms with E-state index >= 15 is 0 Å². The monoisotopic (exact) mass is 348 g/mol. The number of rotatable bonds is 3. The van der Waals surface area contributed by atoms with Crippen molar-refractivity contribution in [2.24, 2.45) is 0 Å². The zero-order valence-corrected chi connectivity index (χ0v) is 13.7. The van der Waals surface area contributed by atoms with E-state index in [1.807, 2.05) is 17.0 Å². The maximum Gasteiger partial charge on any atom is 0.251 e. The van der Waals surface area contributed by atoms with Crippen LogP contribution < -0.4 is 10.2 Å². The van der Waals surface area contributed by atoms with Crippen molar-refractivity contribution >= 4 is 40.6 Å². The van der Waals surface area contributed by atoms with Crippen LogP contribution in [0.2, 0.25) is 10.2 Å². The third-order valence-corrected chi connectivity index (χ3v) is 4.04. The summed E-state index contributed by atoms with van der Waals surface area (Å²) >= 11 is 11.9. The summed E-state index contributed by atoms with van der Waals surface area (Å²) in [5, 5.41) is 3.82. The molecule has 0 saturated heterocycles. The Kier molecular flexibility index (Phi) is 4.79. The van der Waals surface area contributed by atoms with Gasteiger partial charge in [0.2, 0.25) is 0 Å². The summed E-state index contributed by atoms with van der Waals surface area (Å²) in [5.41, 5.74) is 1.36. The second-order valence-corrected chi connectivity index (χ2v) is 5.85. The summed E-state index contributed by atoms with van der Waals surface area (Å²) in [7, 11) is 0. The lowest BCUT2D eigenvalue weighted by atomic mass is 10.1. The molecule has 3 heterocycles. The predicted molar refractivity (Wildman–Crippen MR) is 92.0 cm³/mol. The molecule has 0 aromatic carbocycles. The topological polar surface area (TPSA) is 58.1 Å². The van der Waals surface area contributed by atoms with Gasteiger partial charge >= 0.3 is 0 Å². The number of hydrogen-bond donors (Lipinski definition) is 1. The molecule has 0 radical (unpaired) electrons. The van der Waals surface area contributed by atoms with Gasteiger partial charge in [-0.2, -0.15) is 0 Å². The third kappa shape index (κ3) is 3.81. The smallest absolute Gasteiger partial charge is 0.251 e. The molecule has 1 N–H and O–H groups in total. The molecular formula is C16H14Cl2N4O. The van der Waals surface area contributed by atoms with E-state index < -0.39 is 0 Å². The summed E-state index contributed by atoms with van der Waals surface area (Å²) in [6.07, 6.45) is 5.76. The number of aromatic nitrogens is 2. The lowest BCUT2D eigenvalue weighted by Gasteiger charge is -2.27. The van der Waals surface area contributed by atoms with Crippen LogP contribution in [-0.2, 0) is 4.79 Å². The van der Waals surface area contributed by atoms with Crippen molar-refractivity contribution < 1.29 is 4.79 Å². The molecule has 0 atom stereocenters. The molecule has 1 aliphatic rings. The van der Waals surface area contributed by atoms with E-state index in [9.17, 15) is 4.79 Å². The number of amides is 1. The number of pyridine rings is 2. The minimum Gasteiger partial charge on any atom is -0.351 e. The van der Waals surface area contributed by atoms with Crippen LogP contribution in [0.3, 0.4) is 0 Å². The molecule has 0 fully saturated rings. The lowest BCUT2D eigenvalue weighted by molar-refractivity contribution is -0.113. The zero-order chi connectivity index (χ0) is 16.2. The molecule has 3 rings (SSSR count). The molecule has 5 nitrogen and oxygen atoms in total. The quantitative estimate of drug-likeness (QED) is 0.861. The average molecular weight is 349 g/mol. The second kappa shape index (κ2) is 6.98. The van der Waals surface area contributed by atoms with Gasteiger partial charge < -0.3 is 10.2 Å². The van der Waals surface area contributed by atoms with E-state index in [0.29, 0.717) is 35.4 Å². The van der Waals surface area contributed by atoms with E-state index in [0.717, 1.165) is 11.4 Å². The van der Waals surface area contributed by atoms with Gasteiger partial charge in [-0.05, 0) is 30.7 Å². The Hall–Kier alpha value is -2.11. The molecule has 7 heteroatoms. The van der Waals surface area contributed by atoms with E-state index in [2.05, 4.69) is 15.3 Å². The van der Waals surface area contributed by atoms with E-state index in [1.54, 1.807) is 24.4 Å². The third-order valence-electron chi connectivity index (χ3n) is 3.52. The maximum absolute atomic E-state index is 12.3. The minimum atomic E-state index is -0.124. The Bertz CT molecular complexity index is 746. The highest BCUT2D eigenvalue weighted by atomic mass is 35.5. The highest BCUT2D eigenvalue weighted by Gasteiger charge is 2.19. The Balaban J connectivity index is 1.65. The normalized spacial score (nSPS) is 14.3. The summed E-state index contributed by atoms with van der Waals surface area (Å²) in [6.45, 7) is 1.28. The molecule has 0 aliphatic carbocycles. The number of hydrogen-bond acceptors (Lipinski definition) is 4. The van der Waals surface area contributed by atoms with Gasteiger partial charge in [-0.15, -0.1) is 0 Å². The maximum atomic E-state index is 12.3. The van der Waals surface area contributed by atoms with E-state index in [4.69, 9.17) is 23.2 Å². The number of carbonyl (C=O) groups excluding carboxylic acids is 1. The minimum absolute atomic E-state index is 0.124. The van der Waals surface area contributed by atoms with Crippen molar-refractivity contribution in [2.45, 2.75) is 6.42 Å². The molecule has 1 amide bonds. The first kappa shape index (κ1) is 15.8. The van der Waals surface area contributed by atoms with E-state index in [1.165, 1.54) is 6.20 Å². The van der Waals surface area contributed by atoms with Crippen molar-refractivity contribution in [1.29, 1.82) is 0 Å². The standard InChI is InChI=1S/C16H14Cl2N4O/c17-13-2-1-7-19-15(13)22-8-5-11(6-9-22)16(23)21-12-3-4-14(18)20-10-12/h1-5,7,10H,6,8-9H2,(H,21,23). The molecule has 2 aromatic heterocycles. The summed E-state index contributed by atoms with van der Waals surface area (Å²) in [4.78, 5) is 22.5. The van der Waals surface area contributed by atoms with Crippen molar-refractivity contribution in [3.05, 3.63) is 58.5 Å². The largest absolute Gasteiger partial charge is 0.351 e. The van der Waals surface area contributed by atoms with Gasteiger partial charge in [-0.25, -0.2) is 9.97 Å². The molecule has 0 saturated carbocycles. The lowest BCUT2D eigenvalue weighted by Crippen LogP contribution is -2.32. The molecule has 23 heavy (non-hydrogen) atoms. The fourth-order valence-corrected chi connectivity index (χ4v) is 2.69. The molecular weight excluding hydrogens is 335 g/mol. The predicted octanol–water partition coefficient (Wildman–Crippen LogP) is 3.56. The van der Waals surface area contributed by atoms with Crippen molar-refractivity contribution in [3.63, 3.8) is 0 Å². The zero-order valence-electron chi connectivity index (χ0n) is 12.2. The first-order valence-electron chi connectivity index (χ1n) is 7.11. The SMILES string of the molecule is O=C(Nc1ccc(Cl)nc1)C1=CCN(c2ncccc2Cl)CC1. The van der Waals surface area contributed by atoms with Gasteiger partial charge in [0.15, 0.2) is 0 Å². The van der Waals surface area contributed by atoms with Crippen LogP contribution in [0.15, 0.2) is 48.3 Å². The van der Waals surface area contributed by atoms with Gasteiger partial charge in [0, 0.05) is 24.9 Å². The number of nitrogens with zero attached hydrogens (tertiary/aromatic N) is 3. The number of nitrogens with one attached hydrogen (secondary N) is 1. The molecule has 0 spiro atoms. The fraction of sp³-hybridized carbons (Fsp3) is 0.188. The Morgan fingerprint density at radius 2 is 2.09 bits per heavy atom. The van der Waals surface area contributed by atoms with Crippen molar-refractivity contribution in [3.8, 4) is 0 Å². The molecule has 0 bridgehead atoms. The van der Waals surface area contributed by atoms with E-state index in [-0.39, 0.29) is 5.91 Å². The van der Waals surface area contributed by atoms with Crippen LogP contribution in [0.5, 0.6) is 0 Å². The van der Waals surface area contributed by atoms with Crippen molar-refractivity contribution in [2.75, 3.05) is 23.3 Å². The first-order valence-corrected chi connectivity index (χ1v) is 7.86. The van der Waals surface area contributed by atoms with Crippen LogP contribution in [0.1, 0.15) is 6.42 Å². The van der Waals surface area contributed by atoms with Crippen LogP contribution in [0.4, 0.5) is 11.5 Å². The first-order chi connectivity index (χ1) is 11.1. The fourth-order valence-electron chi connectivity index (χ4n) is 2.34. The summed E-state index contributed by atoms with van der Waals surface area (Å²) < 4.78 is 0. The molecule has 0 unspecified atom stereocenters. The number of halogens is 2. The summed E-state index contributed by atoms with van der Waals surface area (Å²) in [5.74, 6) is 0.618. The second-order valence-electron chi connectivity index (χ2n) is 5.06. The van der Waals surface area contributed by atoms with Crippen LogP contribution in [0, 0.1) is 0 Å². The van der Waals surface area contributed by atoms with Gasteiger partial charge in [-0.1, -0.05) is 29.3 Å². The Morgan fingerprint density at radius 3 is 2.74 bits per heavy atom. The molecule has 118 valence electrons. The number of carbonyl (C=O) groups is 1. The van der Waals surface area contributed by atoms with Gasteiger partial charge in [0.1, 0.15) is 11.0 Å².